The summed E-state index contributed by atoms with van der Waals surface area (Å²) in [6, 6.07) is 7.44. The van der Waals surface area contributed by atoms with Gasteiger partial charge in [0.25, 0.3) is 5.56 Å². The van der Waals surface area contributed by atoms with Gasteiger partial charge in [-0.1, -0.05) is 18.2 Å². The number of hydrogen-bond acceptors (Lipinski definition) is 3. The van der Waals surface area contributed by atoms with E-state index in [1.165, 1.54) is 0 Å². The first-order chi connectivity index (χ1) is 9.66. The molecule has 0 amide bonds. The summed E-state index contributed by atoms with van der Waals surface area (Å²) >= 11 is 0. The topological polar surface area (TPSA) is 83.0 Å². The molecule has 1 saturated carbocycles. The number of aromatic amines is 1. The Morgan fingerprint density at radius 1 is 1.15 bits per heavy atom. The summed E-state index contributed by atoms with van der Waals surface area (Å²) in [6.45, 7) is 0. The molecule has 0 saturated heterocycles. The van der Waals surface area contributed by atoms with Gasteiger partial charge in [0.15, 0.2) is 0 Å². The number of aromatic nitrogens is 2. The number of carboxylic acids is 1. The Morgan fingerprint density at radius 2 is 1.80 bits per heavy atom. The van der Waals surface area contributed by atoms with Gasteiger partial charge >= 0.3 is 5.97 Å². The molecule has 5 heteroatoms. The lowest BCUT2D eigenvalue weighted by atomic mass is 9.79. The summed E-state index contributed by atoms with van der Waals surface area (Å²) in [5.41, 5.74) is 0.715. The highest BCUT2D eigenvalue weighted by Gasteiger charge is 2.28. The number of carbonyl (C=O) groups is 1. The summed E-state index contributed by atoms with van der Waals surface area (Å²) in [4.78, 5) is 22.8. The van der Waals surface area contributed by atoms with Crippen molar-refractivity contribution in [2.45, 2.75) is 31.6 Å². The summed E-state index contributed by atoms with van der Waals surface area (Å²) in [5.74, 6) is -0.713. The maximum absolute atomic E-state index is 11.8. The van der Waals surface area contributed by atoms with E-state index in [1.807, 2.05) is 18.2 Å². The zero-order chi connectivity index (χ0) is 14.1. The number of hydrogen-bond donors (Lipinski definition) is 2. The molecule has 2 N–H and O–H groups in total. The van der Waals surface area contributed by atoms with Gasteiger partial charge in [-0.05, 0) is 31.7 Å². The number of H-pyrrole nitrogens is 1. The van der Waals surface area contributed by atoms with Crippen molar-refractivity contribution in [3.8, 4) is 0 Å². The molecule has 0 bridgehead atoms. The Kier molecular flexibility index (Phi) is 3.26. The third-order valence-electron chi connectivity index (χ3n) is 4.19. The van der Waals surface area contributed by atoms with Gasteiger partial charge in [0.05, 0.1) is 17.0 Å². The van der Waals surface area contributed by atoms with E-state index >= 15 is 0 Å². The third-order valence-corrected chi connectivity index (χ3v) is 4.19. The van der Waals surface area contributed by atoms with Gasteiger partial charge in [0.2, 0.25) is 0 Å². The van der Waals surface area contributed by atoms with Gasteiger partial charge in [-0.2, -0.15) is 5.10 Å². The molecule has 1 aromatic heterocycles. The molecule has 3 rings (SSSR count). The molecule has 1 fully saturated rings. The van der Waals surface area contributed by atoms with Crippen LogP contribution in [0.3, 0.4) is 0 Å². The van der Waals surface area contributed by atoms with E-state index in [0.717, 1.165) is 23.9 Å². The first-order valence-electron chi connectivity index (χ1n) is 6.87. The lowest BCUT2D eigenvalue weighted by Gasteiger charge is -2.26. The summed E-state index contributed by atoms with van der Waals surface area (Å²) < 4.78 is 0. The fraction of sp³-hybridized carbons (Fsp3) is 0.400. The van der Waals surface area contributed by atoms with E-state index in [0.29, 0.717) is 18.2 Å². The van der Waals surface area contributed by atoms with E-state index in [-0.39, 0.29) is 17.4 Å². The first-order valence-corrected chi connectivity index (χ1v) is 6.87. The van der Waals surface area contributed by atoms with Crippen molar-refractivity contribution in [3.63, 3.8) is 0 Å². The third kappa shape index (κ3) is 2.19. The highest BCUT2D eigenvalue weighted by atomic mass is 16.4. The quantitative estimate of drug-likeness (QED) is 0.878. The van der Waals surface area contributed by atoms with Crippen LogP contribution >= 0.6 is 0 Å². The molecule has 5 nitrogen and oxygen atoms in total. The molecule has 0 atom stereocenters. The minimum atomic E-state index is -0.706. The van der Waals surface area contributed by atoms with Gasteiger partial charge in [-0.3, -0.25) is 9.59 Å². The van der Waals surface area contributed by atoms with Gasteiger partial charge in [-0.25, -0.2) is 5.10 Å². The van der Waals surface area contributed by atoms with Crippen LogP contribution in [0.1, 0.15) is 37.3 Å². The molecule has 1 aliphatic carbocycles. The SMILES string of the molecule is O=C(O)C1CCC(c2n[nH]c(=O)c3ccccc23)CC1. The van der Waals surface area contributed by atoms with E-state index in [4.69, 9.17) is 5.11 Å². The van der Waals surface area contributed by atoms with Crippen molar-refractivity contribution in [2.75, 3.05) is 0 Å². The van der Waals surface area contributed by atoms with Crippen LogP contribution in [-0.2, 0) is 4.79 Å². The molecular formula is C15H16N2O3. The zero-order valence-electron chi connectivity index (χ0n) is 11.0. The van der Waals surface area contributed by atoms with Crippen molar-refractivity contribution < 1.29 is 9.90 Å². The predicted molar refractivity (Wildman–Crippen MR) is 74.7 cm³/mol. The number of nitrogens with one attached hydrogen (secondary N) is 1. The van der Waals surface area contributed by atoms with E-state index < -0.39 is 5.97 Å². The molecule has 0 radical (unpaired) electrons. The fourth-order valence-electron chi connectivity index (χ4n) is 3.06. The largest absolute Gasteiger partial charge is 0.481 e. The number of nitrogens with zero attached hydrogens (tertiary/aromatic N) is 1. The van der Waals surface area contributed by atoms with Crippen LogP contribution in [0.15, 0.2) is 29.1 Å². The second-order valence-electron chi connectivity index (χ2n) is 5.37. The van der Waals surface area contributed by atoms with Crippen LogP contribution in [0, 0.1) is 5.92 Å². The van der Waals surface area contributed by atoms with Crippen LogP contribution < -0.4 is 5.56 Å². The standard InChI is InChI=1S/C15H16N2O3/c18-14-12-4-2-1-3-11(12)13(16-17-14)9-5-7-10(8-6-9)15(19)20/h1-4,9-10H,5-8H2,(H,17,18)(H,19,20). The molecule has 0 aliphatic heterocycles. The Labute approximate surface area is 115 Å². The van der Waals surface area contributed by atoms with Gasteiger partial charge < -0.3 is 5.11 Å². The van der Waals surface area contributed by atoms with Crippen LogP contribution in [0.5, 0.6) is 0 Å². The second-order valence-corrected chi connectivity index (χ2v) is 5.37. The molecule has 0 spiro atoms. The van der Waals surface area contributed by atoms with Crippen molar-refractivity contribution in [3.05, 3.63) is 40.3 Å². The Morgan fingerprint density at radius 3 is 2.45 bits per heavy atom. The lowest BCUT2D eigenvalue weighted by Crippen LogP contribution is -2.22. The highest BCUT2D eigenvalue weighted by Crippen LogP contribution is 2.36. The molecule has 0 unspecified atom stereocenters. The molecular weight excluding hydrogens is 256 g/mol. The number of benzene rings is 1. The highest BCUT2D eigenvalue weighted by molar-refractivity contribution is 5.83. The van der Waals surface area contributed by atoms with Gasteiger partial charge in [-0.15, -0.1) is 0 Å². The maximum Gasteiger partial charge on any atom is 0.306 e. The Hall–Kier alpha value is -2.17. The predicted octanol–water partition coefficient (Wildman–Crippen LogP) is 2.28. The van der Waals surface area contributed by atoms with Gasteiger partial charge in [0, 0.05) is 11.3 Å². The Bertz CT molecular complexity index is 700. The summed E-state index contributed by atoms with van der Waals surface area (Å²) in [5, 5.41) is 17.3. The number of aliphatic carboxylic acids is 1. The summed E-state index contributed by atoms with van der Waals surface area (Å²) in [7, 11) is 0. The minimum Gasteiger partial charge on any atom is -0.481 e. The Balaban J connectivity index is 1.94. The maximum atomic E-state index is 11.8. The average Bonchev–Trinajstić information content (AvgIpc) is 2.48. The number of rotatable bonds is 2. The molecule has 2 aromatic rings. The number of carboxylic acid groups (broad SMARTS) is 1. The van der Waals surface area contributed by atoms with Crippen LogP contribution in [0.4, 0.5) is 0 Å². The molecule has 1 aromatic carbocycles. The normalized spacial score (nSPS) is 22.8. The zero-order valence-corrected chi connectivity index (χ0v) is 11.0. The smallest absolute Gasteiger partial charge is 0.306 e. The average molecular weight is 272 g/mol. The molecule has 1 heterocycles. The second kappa shape index (κ2) is 5.07. The lowest BCUT2D eigenvalue weighted by molar-refractivity contribution is -0.142. The first kappa shape index (κ1) is 12.8. The molecule has 104 valence electrons. The van der Waals surface area contributed by atoms with Crippen molar-refractivity contribution in [2.24, 2.45) is 5.92 Å². The number of fused-ring (bicyclic) bond motifs is 1. The van der Waals surface area contributed by atoms with Crippen LogP contribution in [0.25, 0.3) is 10.8 Å². The van der Waals surface area contributed by atoms with E-state index in [1.54, 1.807) is 6.07 Å². The van der Waals surface area contributed by atoms with Crippen LogP contribution in [-0.4, -0.2) is 21.3 Å². The van der Waals surface area contributed by atoms with Crippen LogP contribution in [0.2, 0.25) is 0 Å². The van der Waals surface area contributed by atoms with E-state index in [9.17, 15) is 9.59 Å². The molecule has 1 aliphatic rings. The minimum absolute atomic E-state index is 0.177. The van der Waals surface area contributed by atoms with Crippen molar-refractivity contribution in [1.82, 2.24) is 10.2 Å². The summed E-state index contributed by atoms with van der Waals surface area (Å²) in [6.07, 6.45) is 2.96. The van der Waals surface area contributed by atoms with Crippen molar-refractivity contribution >= 4 is 16.7 Å². The van der Waals surface area contributed by atoms with Crippen molar-refractivity contribution in [1.29, 1.82) is 0 Å². The van der Waals surface area contributed by atoms with E-state index in [2.05, 4.69) is 10.2 Å². The molecule has 20 heavy (non-hydrogen) atoms. The monoisotopic (exact) mass is 272 g/mol. The fourth-order valence-corrected chi connectivity index (χ4v) is 3.06. The van der Waals surface area contributed by atoms with Gasteiger partial charge in [0.1, 0.15) is 0 Å².